The average Bonchev–Trinajstić information content (AvgIpc) is 3.73. The number of nitrogens with one attached hydrogen (secondary N) is 1. The van der Waals surface area contributed by atoms with Crippen LogP contribution in [0.5, 0.6) is 0 Å². The van der Waals surface area contributed by atoms with Crippen molar-refractivity contribution in [2.45, 2.75) is 6.17 Å². The summed E-state index contributed by atoms with van der Waals surface area (Å²) >= 11 is 0. The van der Waals surface area contributed by atoms with Crippen LogP contribution in [-0.4, -0.2) is 11.7 Å². The standard InChI is InChI=1S/C43H27N3O2/c1-2-11-27(12-3-1)41-44-42(46-43(45-41)34-17-8-15-32-31-14-6-7-18-36(31)48-40(32)34)33-16-9-19-38-39(33)35-25-30(22-23-37(35)47-38)29-21-20-26-10-4-5-13-28(26)24-29/h1-25,42H,(H,44,45,46). The van der Waals surface area contributed by atoms with Gasteiger partial charge in [-0.2, -0.15) is 0 Å². The van der Waals surface area contributed by atoms with Gasteiger partial charge in [0.25, 0.3) is 0 Å². The zero-order valence-electron chi connectivity index (χ0n) is 25.7. The van der Waals surface area contributed by atoms with Gasteiger partial charge in [-0.15, -0.1) is 0 Å². The number of benzene rings is 7. The summed E-state index contributed by atoms with van der Waals surface area (Å²) in [6, 6.07) is 52.2. The van der Waals surface area contributed by atoms with Crippen LogP contribution in [0.3, 0.4) is 0 Å². The molecule has 0 spiro atoms. The van der Waals surface area contributed by atoms with Crippen LogP contribution in [0.4, 0.5) is 0 Å². The van der Waals surface area contributed by atoms with Gasteiger partial charge < -0.3 is 14.2 Å². The molecule has 0 fully saturated rings. The SMILES string of the molecule is c1ccc(C2=NC(c3cccc4oc5ccc(-c6ccc7ccccc7c6)cc5c34)N=C(c3cccc4c3oc3ccccc34)N2)cc1. The third-order valence-corrected chi connectivity index (χ3v) is 9.33. The lowest BCUT2D eigenvalue weighted by Gasteiger charge is -2.22. The van der Waals surface area contributed by atoms with Gasteiger partial charge in [0.05, 0.1) is 5.56 Å². The van der Waals surface area contributed by atoms with Gasteiger partial charge >= 0.3 is 0 Å². The minimum Gasteiger partial charge on any atom is -0.456 e. The molecule has 226 valence electrons. The van der Waals surface area contributed by atoms with Crippen molar-refractivity contribution < 1.29 is 8.83 Å². The first-order valence-electron chi connectivity index (χ1n) is 16.1. The maximum absolute atomic E-state index is 6.44. The van der Waals surface area contributed by atoms with E-state index in [-0.39, 0.29) is 0 Å². The lowest BCUT2D eigenvalue weighted by atomic mass is 9.98. The molecule has 0 radical (unpaired) electrons. The molecule has 9 aromatic rings. The molecule has 0 bridgehead atoms. The van der Waals surface area contributed by atoms with Crippen LogP contribution in [0.1, 0.15) is 22.9 Å². The third-order valence-electron chi connectivity index (χ3n) is 9.33. The maximum atomic E-state index is 6.44. The van der Waals surface area contributed by atoms with Crippen LogP contribution < -0.4 is 5.32 Å². The smallest absolute Gasteiger partial charge is 0.170 e. The molecule has 7 aromatic carbocycles. The van der Waals surface area contributed by atoms with Gasteiger partial charge in [0.1, 0.15) is 34.0 Å². The number of hydrogen-bond acceptors (Lipinski definition) is 5. The average molecular weight is 618 g/mol. The van der Waals surface area contributed by atoms with Crippen LogP contribution >= 0.6 is 0 Å². The van der Waals surface area contributed by atoms with E-state index in [1.165, 1.54) is 10.8 Å². The number of furan rings is 2. The van der Waals surface area contributed by atoms with Gasteiger partial charge in [-0.3, -0.25) is 0 Å². The first-order chi connectivity index (χ1) is 23.8. The highest BCUT2D eigenvalue weighted by Gasteiger charge is 2.26. The second kappa shape index (κ2) is 10.5. The number of aliphatic imine (C=N–C) groups is 2. The summed E-state index contributed by atoms with van der Waals surface area (Å²) in [5.41, 5.74) is 8.43. The molecule has 3 heterocycles. The molecule has 10 rings (SSSR count). The molecule has 5 heteroatoms. The molecule has 1 aliphatic rings. The number of amidine groups is 2. The largest absolute Gasteiger partial charge is 0.456 e. The fourth-order valence-electron chi connectivity index (χ4n) is 7.02. The van der Waals surface area contributed by atoms with Crippen molar-refractivity contribution >= 4 is 66.3 Å². The van der Waals surface area contributed by atoms with Crippen LogP contribution in [0.15, 0.2) is 170 Å². The van der Waals surface area contributed by atoms with E-state index in [2.05, 4.69) is 108 Å². The quantitative estimate of drug-likeness (QED) is 0.214. The highest BCUT2D eigenvalue weighted by atomic mass is 16.3. The predicted octanol–water partition coefficient (Wildman–Crippen LogP) is 10.8. The number of nitrogens with zero attached hydrogens (tertiary/aromatic N) is 2. The summed E-state index contributed by atoms with van der Waals surface area (Å²) in [6.07, 6.45) is -0.523. The highest BCUT2D eigenvalue weighted by molar-refractivity contribution is 6.21. The number of fused-ring (bicyclic) bond motifs is 7. The van der Waals surface area contributed by atoms with Gasteiger partial charge in [0, 0.05) is 32.7 Å². The first-order valence-corrected chi connectivity index (χ1v) is 16.1. The lowest BCUT2D eigenvalue weighted by molar-refractivity contribution is 0.666. The Morgan fingerprint density at radius 1 is 0.458 bits per heavy atom. The van der Waals surface area contributed by atoms with E-state index in [9.17, 15) is 0 Å². The molecule has 1 aliphatic heterocycles. The summed E-state index contributed by atoms with van der Waals surface area (Å²) in [5, 5.41) is 10.2. The van der Waals surface area contributed by atoms with E-state index in [0.717, 1.165) is 77.5 Å². The number of para-hydroxylation sites is 2. The molecule has 1 N–H and O–H groups in total. The molecule has 1 atom stereocenters. The zero-order valence-corrected chi connectivity index (χ0v) is 25.7. The summed E-state index contributed by atoms with van der Waals surface area (Å²) in [7, 11) is 0. The van der Waals surface area contributed by atoms with Crippen molar-refractivity contribution in [2.24, 2.45) is 9.98 Å². The molecule has 2 aromatic heterocycles. The second-order valence-electron chi connectivity index (χ2n) is 12.2. The molecule has 0 saturated heterocycles. The molecule has 0 saturated carbocycles. The van der Waals surface area contributed by atoms with Gasteiger partial charge in [0.2, 0.25) is 0 Å². The van der Waals surface area contributed by atoms with Crippen LogP contribution in [0, 0.1) is 0 Å². The van der Waals surface area contributed by atoms with E-state index in [4.69, 9.17) is 18.8 Å². The van der Waals surface area contributed by atoms with Gasteiger partial charge in [-0.1, -0.05) is 115 Å². The second-order valence-corrected chi connectivity index (χ2v) is 12.2. The van der Waals surface area contributed by atoms with Crippen molar-refractivity contribution in [3.8, 4) is 11.1 Å². The molecule has 5 nitrogen and oxygen atoms in total. The van der Waals surface area contributed by atoms with E-state index in [1.54, 1.807) is 0 Å². The van der Waals surface area contributed by atoms with E-state index >= 15 is 0 Å². The normalized spacial score (nSPS) is 14.9. The molecule has 1 unspecified atom stereocenters. The molecule has 0 aliphatic carbocycles. The Hall–Kier alpha value is -6.46. The summed E-state index contributed by atoms with van der Waals surface area (Å²) < 4.78 is 12.9. The first kappa shape index (κ1) is 26.7. The zero-order chi connectivity index (χ0) is 31.6. The van der Waals surface area contributed by atoms with Crippen molar-refractivity contribution in [3.05, 3.63) is 168 Å². The monoisotopic (exact) mass is 617 g/mol. The lowest BCUT2D eigenvalue weighted by Crippen LogP contribution is -2.36. The van der Waals surface area contributed by atoms with Crippen LogP contribution in [0.25, 0.3) is 65.8 Å². The molecular weight excluding hydrogens is 590 g/mol. The Kier molecular flexibility index (Phi) is 5.87. The Morgan fingerprint density at radius 3 is 2.10 bits per heavy atom. The number of rotatable bonds is 4. The fraction of sp³-hybridized carbons (Fsp3) is 0.0233. The minimum atomic E-state index is -0.523. The van der Waals surface area contributed by atoms with Gasteiger partial charge in [-0.05, 0) is 58.3 Å². The van der Waals surface area contributed by atoms with Gasteiger partial charge in [0.15, 0.2) is 6.17 Å². The highest BCUT2D eigenvalue weighted by Crippen LogP contribution is 2.39. The minimum absolute atomic E-state index is 0.523. The molecule has 48 heavy (non-hydrogen) atoms. The van der Waals surface area contributed by atoms with Gasteiger partial charge in [-0.25, -0.2) is 9.98 Å². The Labute approximate surface area is 275 Å². The topological polar surface area (TPSA) is 63.0 Å². The molecular formula is C43H27N3O2. The van der Waals surface area contributed by atoms with Crippen molar-refractivity contribution in [3.63, 3.8) is 0 Å². The van der Waals surface area contributed by atoms with Crippen LogP contribution in [-0.2, 0) is 0 Å². The van der Waals surface area contributed by atoms with Crippen molar-refractivity contribution in [1.29, 1.82) is 0 Å². The van der Waals surface area contributed by atoms with E-state index in [1.807, 2.05) is 48.5 Å². The maximum Gasteiger partial charge on any atom is 0.170 e. The van der Waals surface area contributed by atoms with E-state index < -0.39 is 6.17 Å². The Morgan fingerprint density at radius 2 is 1.17 bits per heavy atom. The summed E-state index contributed by atoms with van der Waals surface area (Å²) in [4.78, 5) is 10.5. The number of hydrogen-bond donors (Lipinski definition) is 1. The summed E-state index contributed by atoms with van der Waals surface area (Å²) in [6.45, 7) is 0. The summed E-state index contributed by atoms with van der Waals surface area (Å²) in [5.74, 6) is 1.46. The third kappa shape index (κ3) is 4.25. The predicted molar refractivity (Wildman–Crippen MR) is 196 cm³/mol. The molecule has 0 amide bonds. The van der Waals surface area contributed by atoms with Crippen molar-refractivity contribution in [1.82, 2.24) is 5.32 Å². The van der Waals surface area contributed by atoms with Crippen LogP contribution in [0.2, 0.25) is 0 Å². The van der Waals surface area contributed by atoms with E-state index in [0.29, 0.717) is 5.84 Å². The Balaban J connectivity index is 1.17. The Bertz CT molecular complexity index is 2770. The van der Waals surface area contributed by atoms with Crippen molar-refractivity contribution in [2.75, 3.05) is 0 Å². The fourth-order valence-corrected chi connectivity index (χ4v) is 7.02.